The van der Waals surface area contributed by atoms with Crippen LogP contribution in [0.4, 0.5) is 0 Å². The fraction of sp³-hybridized carbons (Fsp3) is 0. The molecule has 0 aliphatic heterocycles. The van der Waals surface area contributed by atoms with E-state index in [0.29, 0.717) is 0 Å². The first-order valence-corrected chi connectivity index (χ1v) is 23.3. The highest BCUT2D eigenvalue weighted by Crippen LogP contribution is 2.38. The Morgan fingerprint density at radius 2 is 0.686 bits per heavy atom. The summed E-state index contributed by atoms with van der Waals surface area (Å²) in [5.41, 5.74) is 18.9. The highest BCUT2D eigenvalue weighted by Gasteiger charge is 2.18. The lowest BCUT2D eigenvalue weighted by Gasteiger charge is -2.17. The lowest BCUT2D eigenvalue weighted by molar-refractivity contribution is 1.05. The van der Waals surface area contributed by atoms with E-state index in [2.05, 4.69) is 195 Å². The Kier molecular flexibility index (Phi) is 11.1. The number of rotatable bonds is 11. The second-order valence-electron chi connectivity index (χ2n) is 17.1. The fourth-order valence-corrected chi connectivity index (χ4v) is 9.20. The van der Waals surface area contributed by atoms with E-state index < -0.39 is 0 Å². The van der Waals surface area contributed by atoms with Gasteiger partial charge in [0, 0.05) is 82.6 Å². The van der Waals surface area contributed by atoms with E-state index in [1.54, 1.807) is 0 Å². The largest absolute Gasteiger partial charge is 0.300 e. The molecule has 330 valence electrons. The molecule has 0 aliphatic rings. The van der Waals surface area contributed by atoms with Gasteiger partial charge >= 0.3 is 0 Å². The Hall–Kier alpha value is -9.59. The predicted octanol–water partition coefficient (Wildman–Crippen LogP) is 15.2. The van der Waals surface area contributed by atoms with Gasteiger partial charge in [-0.05, 0) is 111 Å². The lowest BCUT2D eigenvalue weighted by Crippen LogP contribution is -2.01. The van der Waals surface area contributed by atoms with Gasteiger partial charge in [-0.2, -0.15) is 0 Å². The molecule has 0 unspecified atom stereocenters. The quantitative estimate of drug-likeness (QED) is 0.129. The number of imidazole rings is 2. The maximum atomic E-state index is 4.99. The van der Waals surface area contributed by atoms with Crippen LogP contribution in [0.15, 0.2) is 262 Å². The van der Waals surface area contributed by atoms with Gasteiger partial charge in [-0.25, -0.2) is 9.97 Å². The van der Waals surface area contributed by atoms with Crippen LogP contribution in [-0.4, -0.2) is 34.1 Å². The summed E-state index contributed by atoms with van der Waals surface area (Å²) in [5, 5.41) is 0. The second-order valence-corrected chi connectivity index (χ2v) is 17.1. The molecule has 7 heteroatoms. The standard InChI is InChI=1S/C63H43N7/c1-2-10-44(11-3-1)45-16-18-46(19-17-45)52-32-35-66-61(43-52)50-22-20-47(21-23-50)57-12-4-5-13-58(57)53-40-54(63-68-36-38-69(63)55-30-28-49(29-31-55)60-15-7-9-34-65-60)42-56(41-53)70-39-37-67-62(70)51-26-24-48(25-27-51)59-14-6-8-33-64-59/h1-43H. The van der Waals surface area contributed by atoms with Gasteiger partial charge in [0.2, 0.25) is 0 Å². The molecule has 0 fully saturated rings. The van der Waals surface area contributed by atoms with Gasteiger partial charge in [0.15, 0.2) is 0 Å². The monoisotopic (exact) mass is 897 g/mol. The summed E-state index contributed by atoms with van der Waals surface area (Å²) in [6.07, 6.45) is 13.3. The van der Waals surface area contributed by atoms with Crippen molar-refractivity contribution in [2.45, 2.75) is 0 Å². The molecule has 70 heavy (non-hydrogen) atoms. The van der Waals surface area contributed by atoms with Crippen LogP contribution in [0.5, 0.6) is 0 Å². The molecule has 0 aliphatic carbocycles. The Bertz CT molecular complexity index is 3570. The minimum atomic E-state index is 0.818. The van der Waals surface area contributed by atoms with E-state index in [1.807, 2.05) is 85.8 Å². The van der Waals surface area contributed by atoms with Gasteiger partial charge in [0.25, 0.3) is 0 Å². The minimum Gasteiger partial charge on any atom is -0.300 e. The molecule has 0 spiro atoms. The van der Waals surface area contributed by atoms with E-state index in [1.165, 1.54) is 11.1 Å². The molecule has 0 saturated carbocycles. The zero-order chi connectivity index (χ0) is 46.6. The third-order valence-electron chi connectivity index (χ3n) is 12.8. The molecule has 12 aromatic rings. The lowest BCUT2D eigenvalue weighted by atomic mass is 9.92. The minimum absolute atomic E-state index is 0.818. The van der Waals surface area contributed by atoms with Crippen LogP contribution in [0.3, 0.4) is 0 Å². The van der Waals surface area contributed by atoms with Crippen LogP contribution >= 0.6 is 0 Å². The highest BCUT2D eigenvalue weighted by atomic mass is 15.1. The van der Waals surface area contributed by atoms with Crippen LogP contribution in [0.1, 0.15) is 0 Å². The fourth-order valence-electron chi connectivity index (χ4n) is 9.20. The van der Waals surface area contributed by atoms with Crippen molar-refractivity contribution in [3.05, 3.63) is 262 Å². The van der Waals surface area contributed by atoms with Crippen molar-refractivity contribution in [3.8, 4) is 112 Å². The molecule has 0 N–H and O–H groups in total. The molecule has 5 heterocycles. The summed E-state index contributed by atoms with van der Waals surface area (Å²) in [6, 6.07) is 76.4. The van der Waals surface area contributed by atoms with Gasteiger partial charge in [0.05, 0.1) is 17.1 Å². The normalized spacial score (nSPS) is 11.1. The molecular weight excluding hydrogens is 855 g/mol. The molecule has 0 bridgehead atoms. The summed E-state index contributed by atoms with van der Waals surface area (Å²) in [4.78, 5) is 23.8. The maximum Gasteiger partial charge on any atom is 0.144 e. The van der Waals surface area contributed by atoms with E-state index >= 15 is 0 Å². The zero-order valence-electron chi connectivity index (χ0n) is 38.0. The van der Waals surface area contributed by atoms with Crippen molar-refractivity contribution >= 4 is 0 Å². The first-order chi connectivity index (χ1) is 34.7. The van der Waals surface area contributed by atoms with Crippen molar-refractivity contribution in [2.75, 3.05) is 0 Å². The van der Waals surface area contributed by atoms with Crippen molar-refractivity contribution < 1.29 is 0 Å². The molecule has 7 nitrogen and oxygen atoms in total. The average molecular weight is 898 g/mol. The van der Waals surface area contributed by atoms with Gasteiger partial charge < -0.3 is 0 Å². The van der Waals surface area contributed by atoms with Crippen LogP contribution in [-0.2, 0) is 0 Å². The molecule has 0 amide bonds. The zero-order valence-corrected chi connectivity index (χ0v) is 38.0. The van der Waals surface area contributed by atoms with Gasteiger partial charge in [0.1, 0.15) is 11.6 Å². The first-order valence-electron chi connectivity index (χ1n) is 23.3. The maximum absolute atomic E-state index is 4.99. The van der Waals surface area contributed by atoms with Crippen LogP contribution in [0, 0.1) is 0 Å². The van der Waals surface area contributed by atoms with E-state index in [0.717, 1.165) is 101 Å². The Morgan fingerprint density at radius 1 is 0.229 bits per heavy atom. The molecular formula is C63H43N7. The topological polar surface area (TPSA) is 74.3 Å². The summed E-state index contributed by atoms with van der Waals surface area (Å²) in [7, 11) is 0. The number of nitrogens with zero attached hydrogens (tertiary/aromatic N) is 7. The number of benzene rings is 7. The summed E-state index contributed by atoms with van der Waals surface area (Å²) >= 11 is 0. The Balaban J connectivity index is 0.913. The predicted molar refractivity (Wildman–Crippen MR) is 283 cm³/mol. The van der Waals surface area contributed by atoms with E-state index in [-0.39, 0.29) is 0 Å². The van der Waals surface area contributed by atoms with Crippen LogP contribution < -0.4 is 0 Å². The van der Waals surface area contributed by atoms with E-state index in [4.69, 9.17) is 15.0 Å². The number of hydrogen-bond acceptors (Lipinski definition) is 5. The van der Waals surface area contributed by atoms with Gasteiger partial charge in [-0.1, -0.05) is 152 Å². The van der Waals surface area contributed by atoms with Crippen molar-refractivity contribution in [3.63, 3.8) is 0 Å². The molecule has 12 rings (SSSR count). The average Bonchev–Trinajstić information content (AvgIpc) is 4.16. The third kappa shape index (κ3) is 8.40. The summed E-state index contributed by atoms with van der Waals surface area (Å²) in [5.74, 6) is 1.65. The Labute approximate surface area is 406 Å². The molecule has 0 saturated heterocycles. The van der Waals surface area contributed by atoms with Crippen molar-refractivity contribution in [1.82, 2.24) is 34.1 Å². The van der Waals surface area contributed by atoms with Gasteiger partial charge in [-0.15, -0.1) is 0 Å². The Morgan fingerprint density at radius 3 is 1.31 bits per heavy atom. The number of pyridine rings is 3. The molecule has 7 aromatic carbocycles. The smallest absolute Gasteiger partial charge is 0.144 e. The molecule has 5 aromatic heterocycles. The van der Waals surface area contributed by atoms with Crippen molar-refractivity contribution in [1.29, 1.82) is 0 Å². The van der Waals surface area contributed by atoms with Crippen LogP contribution in [0.25, 0.3) is 112 Å². The van der Waals surface area contributed by atoms with Gasteiger partial charge in [-0.3, -0.25) is 24.1 Å². The van der Waals surface area contributed by atoms with E-state index in [9.17, 15) is 0 Å². The number of hydrogen-bond donors (Lipinski definition) is 0. The molecule has 0 atom stereocenters. The molecule has 0 radical (unpaired) electrons. The highest BCUT2D eigenvalue weighted by molar-refractivity contribution is 5.87. The summed E-state index contributed by atoms with van der Waals surface area (Å²) < 4.78 is 4.30. The SMILES string of the molecule is c1ccc(-c2ccc(-c3ccnc(-c4ccc(-c5ccccc5-c5cc(-c6nccn6-c6ccc(-c7ccccn7)cc6)cc(-n6ccnc6-c6ccc(-c7ccccn7)cc6)c5)cc4)c3)cc2)cc1. The first kappa shape index (κ1) is 41.8. The summed E-state index contributed by atoms with van der Waals surface area (Å²) in [6.45, 7) is 0. The number of aromatic nitrogens is 7. The van der Waals surface area contributed by atoms with Crippen LogP contribution in [0.2, 0.25) is 0 Å². The second kappa shape index (κ2) is 18.6. The third-order valence-corrected chi connectivity index (χ3v) is 12.8. The van der Waals surface area contributed by atoms with Crippen molar-refractivity contribution in [2.24, 2.45) is 0 Å².